The number of benzene rings is 1. The Morgan fingerprint density at radius 1 is 1.06 bits per heavy atom. The number of halogens is 1. The quantitative estimate of drug-likeness (QED) is 0.811. The van der Waals surface area contributed by atoms with E-state index in [0.717, 1.165) is 10.9 Å². The van der Waals surface area contributed by atoms with E-state index < -0.39 is 0 Å². The molecule has 0 aromatic heterocycles. The molecule has 1 aliphatic carbocycles. The summed E-state index contributed by atoms with van der Waals surface area (Å²) in [5.74, 6) is 0. The van der Waals surface area contributed by atoms with Crippen LogP contribution in [-0.2, 0) is 6.42 Å². The van der Waals surface area contributed by atoms with E-state index in [1.807, 2.05) is 0 Å². The van der Waals surface area contributed by atoms with Gasteiger partial charge in [0.05, 0.1) is 0 Å². The molecule has 1 aromatic carbocycles. The van der Waals surface area contributed by atoms with Crippen LogP contribution in [0.5, 0.6) is 0 Å². The van der Waals surface area contributed by atoms with Crippen LogP contribution in [0.4, 0.5) is 0 Å². The van der Waals surface area contributed by atoms with Crippen molar-refractivity contribution in [3.63, 3.8) is 0 Å². The van der Waals surface area contributed by atoms with Crippen molar-refractivity contribution in [3.8, 4) is 0 Å². The first-order chi connectivity index (χ1) is 8.75. The molecule has 0 amide bonds. The van der Waals surface area contributed by atoms with Gasteiger partial charge in [0.2, 0.25) is 0 Å². The van der Waals surface area contributed by atoms with Gasteiger partial charge in [-0.25, -0.2) is 0 Å². The van der Waals surface area contributed by atoms with Crippen LogP contribution >= 0.6 is 15.9 Å². The highest BCUT2D eigenvalue weighted by atomic mass is 79.9. The maximum absolute atomic E-state index is 6.36. The summed E-state index contributed by atoms with van der Waals surface area (Å²) in [6, 6.07) is 8.70. The van der Waals surface area contributed by atoms with Crippen molar-refractivity contribution in [1.29, 1.82) is 0 Å². The molecule has 0 heterocycles. The number of hydrogen-bond donors (Lipinski definition) is 1. The minimum atomic E-state index is 0.198. The first-order valence-corrected chi connectivity index (χ1v) is 7.74. The fourth-order valence-electron chi connectivity index (χ4n) is 2.56. The predicted molar refractivity (Wildman–Crippen MR) is 81.6 cm³/mol. The number of nitrogens with two attached hydrogens (primary N) is 1. The molecule has 0 spiro atoms. The van der Waals surface area contributed by atoms with Crippen molar-refractivity contribution in [1.82, 2.24) is 0 Å². The fraction of sp³-hybridized carbons (Fsp3) is 0.500. The third kappa shape index (κ3) is 4.25. The topological polar surface area (TPSA) is 26.0 Å². The van der Waals surface area contributed by atoms with Crippen LogP contribution < -0.4 is 5.73 Å². The average Bonchev–Trinajstić information content (AvgIpc) is 2.31. The second-order valence-electron chi connectivity index (χ2n) is 5.17. The fourth-order valence-corrected chi connectivity index (χ4v) is 2.82. The molecule has 0 bridgehead atoms. The zero-order valence-corrected chi connectivity index (χ0v) is 12.5. The maximum atomic E-state index is 6.36. The van der Waals surface area contributed by atoms with Gasteiger partial charge in [-0.2, -0.15) is 0 Å². The number of hydrogen-bond acceptors (Lipinski definition) is 1. The van der Waals surface area contributed by atoms with Crippen LogP contribution in [0.3, 0.4) is 0 Å². The first-order valence-electron chi connectivity index (χ1n) is 6.94. The lowest BCUT2D eigenvalue weighted by atomic mass is 9.92. The largest absolute Gasteiger partial charge is 0.324 e. The Kier molecular flexibility index (Phi) is 5.45. The van der Waals surface area contributed by atoms with E-state index >= 15 is 0 Å². The molecular weight excluding hydrogens is 286 g/mol. The van der Waals surface area contributed by atoms with E-state index in [1.54, 1.807) is 0 Å². The maximum Gasteiger partial charge on any atom is 0.0294 e. The number of rotatable bonds is 3. The molecule has 1 unspecified atom stereocenters. The van der Waals surface area contributed by atoms with Gasteiger partial charge in [-0.05, 0) is 49.8 Å². The monoisotopic (exact) mass is 307 g/mol. The summed E-state index contributed by atoms with van der Waals surface area (Å²) >= 11 is 3.46. The zero-order valence-electron chi connectivity index (χ0n) is 10.9. The van der Waals surface area contributed by atoms with Crippen molar-refractivity contribution in [2.24, 2.45) is 5.73 Å². The van der Waals surface area contributed by atoms with Crippen LogP contribution in [0.2, 0.25) is 0 Å². The summed E-state index contributed by atoms with van der Waals surface area (Å²) < 4.78 is 1.13. The molecule has 18 heavy (non-hydrogen) atoms. The van der Waals surface area contributed by atoms with Gasteiger partial charge < -0.3 is 5.73 Å². The smallest absolute Gasteiger partial charge is 0.0294 e. The van der Waals surface area contributed by atoms with Crippen LogP contribution in [0.25, 0.3) is 0 Å². The molecule has 0 fully saturated rings. The highest BCUT2D eigenvalue weighted by Crippen LogP contribution is 2.21. The average molecular weight is 308 g/mol. The number of allylic oxidation sites excluding steroid dienone is 1. The first kappa shape index (κ1) is 13.8. The van der Waals surface area contributed by atoms with Crippen molar-refractivity contribution in [2.75, 3.05) is 0 Å². The Morgan fingerprint density at radius 2 is 1.78 bits per heavy atom. The van der Waals surface area contributed by atoms with Crippen molar-refractivity contribution >= 4 is 15.9 Å². The molecule has 0 aliphatic heterocycles. The molecule has 2 heteroatoms. The summed E-state index contributed by atoms with van der Waals surface area (Å²) in [7, 11) is 0. The molecule has 1 aliphatic rings. The molecular formula is C16H22BrN. The predicted octanol–water partition coefficient (Wildman–Crippen LogP) is 4.60. The van der Waals surface area contributed by atoms with Crippen LogP contribution in [0, 0.1) is 0 Å². The van der Waals surface area contributed by atoms with E-state index in [0.29, 0.717) is 0 Å². The minimum absolute atomic E-state index is 0.198. The lowest BCUT2D eigenvalue weighted by molar-refractivity contribution is 0.594. The van der Waals surface area contributed by atoms with Crippen LogP contribution in [0.1, 0.15) is 44.1 Å². The Morgan fingerprint density at radius 3 is 2.56 bits per heavy atom. The Hall–Kier alpha value is -0.600. The van der Waals surface area contributed by atoms with Gasteiger partial charge in [0, 0.05) is 10.5 Å². The summed E-state index contributed by atoms with van der Waals surface area (Å²) in [6.07, 6.45) is 11.1. The molecule has 0 radical (unpaired) electrons. The SMILES string of the molecule is NC(Cc1ccc(Br)cc1)/C1=C/CCCCCC1. The van der Waals surface area contributed by atoms with Gasteiger partial charge in [-0.15, -0.1) is 0 Å². The second-order valence-corrected chi connectivity index (χ2v) is 6.08. The third-order valence-electron chi connectivity index (χ3n) is 3.67. The molecule has 2 rings (SSSR count). The normalized spacial score (nSPS) is 21.6. The molecule has 0 saturated carbocycles. The summed E-state index contributed by atoms with van der Waals surface area (Å²) in [5.41, 5.74) is 9.16. The van der Waals surface area contributed by atoms with E-state index in [9.17, 15) is 0 Å². The Labute approximate surface area is 119 Å². The van der Waals surface area contributed by atoms with Gasteiger partial charge in [-0.1, -0.05) is 52.6 Å². The van der Waals surface area contributed by atoms with E-state index in [1.165, 1.54) is 49.7 Å². The highest BCUT2D eigenvalue weighted by Gasteiger charge is 2.11. The van der Waals surface area contributed by atoms with Crippen LogP contribution in [0.15, 0.2) is 40.4 Å². The van der Waals surface area contributed by atoms with Gasteiger partial charge in [-0.3, -0.25) is 0 Å². The van der Waals surface area contributed by atoms with Crippen molar-refractivity contribution in [2.45, 2.75) is 51.0 Å². The summed E-state index contributed by atoms with van der Waals surface area (Å²) in [4.78, 5) is 0. The van der Waals surface area contributed by atoms with Gasteiger partial charge in [0.15, 0.2) is 0 Å². The molecule has 1 nitrogen and oxygen atoms in total. The second kappa shape index (κ2) is 7.10. The lowest BCUT2D eigenvalue weighted by Gasteiger charge is -2.18. The van der Waals surface area contributed by atoms with Crippen LogP contribution in [-0.4, -0.2) is 6.04 Å². The zero-order chi connectivity index (χ0) is 12.8. The van der Waals surface area contributed by atoms with E-state index in [2.05, 4.69) is 46.3 Å². The summed E-state index contributed by atoms with van der Waals surface area (Å²) in [6.45, 7) is 0. The Balaban J connectivity index is 1.97. The third-order valence-corrected chi connectivity index (χ3v) is 4.20. The Bertz CT molecular complexity index is 394. The molecule has 2 N–H and O–H groups in total. The highest BCUT2D eigenvalue weighted by molar-refractivity contribution is 9.10. The molecule has 0 saturated heterocycles. The lowest BCUT2D eigenvalue weighted by Crippen LogP contribution is -2.25. The summed E-state index contributed by atoms with van der Waals surface area (Å²) in [5, 5.41) is 0. The van der Waals surface area contributed by atoms with Gasteiger partial charge >= 0.3 is 0 Å². The molecule has 1 aromatic rings. The van der Waals surface area contributed by atoms with E-state index in [-0.39, 0.29) is 6.04 Å². The van der Waals surface area contributed by atoms with Crippen molar-refractivity contribution < 1.29 is 0 Å². The van der Waals surface area contributed by atoms with Crippen molar-refractivity contribution in [3.05, 3.63) is 46.0 Å². The molecule has 98 valence electrons. The standard InChI is InChI=1S/C16H22BrN/c17-15-10-8-13(9-11-15)12-16(18)14-6-4-2-1-3-5-7-14/h6,8-11,16H,1-5,7,12,18H2/b14-6+. The van der Waals surface area contributed by atoms with Gasteiger partial charge in [0.25, 0.3) is 0 Å². The molecule has 1 atom stereocenters. The van der Waals surface area contributed by atoms with E-state index in [4.69, 9.17) is 5.73 Å². The minimum Gasteiger partial charge on any atom is -0.324 e. The van der Waals surface area contributed by atoms with Gasteiger partial charge in [0.1, 0.15) is 0 Å².